The Morgan fingerprint density at radius 2 is 1.67 bits per heavy atom. The number of benzene rings is 3. The van der Waals surface area contributed by atoms with Gasteiger partial charge in [0, 0.05) is 11.1 Å². The van der Waals surface area contributed by atoms with Gasteiger partial charge in [-0.2, -0.15) is 0 Å². The minimum Gasteiger partial charge on any atom is -0.490 e. The zero-order valence-corrected chi connectivity index (χ0v) is 15.2. The number of fused-ring (bicyclic) bond motifs is 1. The number of rotatable bonds is 6. The fourth-order valence-corrected chi connectivity index (χ4v) is 3.48. The van der Waals surface area contributed by atoms with Crippen molar-refractivity contribution in [3.05, 3.63) is 66.7 Å². The smallest absolute Gasteiger partial charge is 0.262 e. The summed E-state index contributed by atoms with van der Waals surface area (Å²) in [6.07, 6.45) is 5.08. The molecule has 1 aliphatic carbocycles. The van der Waals surface area contributed by atoms with Crippen molar-refractivity contribution >= 4 is 22.4 Å². The van der Waals surface area contributed by atoms with E-state index in [1.165, 1.54) is 12.8 Å². The average molecular weight is 361 g/mol. The van der Waals surface area contributed by atoms with Crippen LogP contribution in [0.5, 0.6) is 11.5 Å². The summed E-state index contributed by atoms with van der Waals surface area (Å²) in [5, 5.41) is 4.95. The fraction of sp³-hybridized carbons (Fsp3) is 0.261. The monoisotopic (exact) mass is 361 g/mol. The van der Waals surface area contributed by atoms with Crippen LogP contribution >= 0.6 is 0 Å². The largest absolute Gasteiger partial charge is 0.490 e. The van der Waals surface area contributed by atoms with Crippen molar-refractivity contribution in [2.75, 3.05) is 11.9 Å². The first-order valence-electron chi connectivity index (χ1n) is 9.45. The van der Waals surface area contributed by atoms with E-state index >= 15 is 0 Å². The predicted octanol–water partition coefficient (Wildman–Crippen LogP) is 5.18. The molecule has 0 unspecified atom stereocenters. The van der Waals surface area contributed by atoms with Crippen LogP contribution in [0.2, 0.25) is 0 Å². The van der Waals surface area contributed by atoms with Gasteiger partial charge in [0.1, 0.15) is 11.5 Å². The van der Waals surface area contributed by atoms with E-state index in [0.717, 1.165) is 35.1 Å². The summed E-state index contributed by atoms with van der Waals surface area (Å²) in [4.78, 5) is 12.2. The first-order valence-corrected chi connectivity index (χ1v) is 9.45. The first kappa shape index (κ1) is 17.4. The molecular formula is C23H23NO3. The molecule has 1 N–H and O–H groups in total. The summed E-state index contributed by atoms with van der Waals surface area (Å²) in [6.45, 7) is -0.0334. The summed E-state index contributed by atoms with van der Waals surface area (Å²) in [7, 11) is 0. The van der Waals surface area contributed by atoms with Gasteiger partial charge in [0.05, 0.1) is 6.10 Å². The van der Waals surface area contributed by atoms with Gasteiger partial charge < -0.3 is 14.8 Å². The van der Waals surface area contributed by atoms with Crippen LogP contribution in [0.1, 0.15) is 25.7 Å². The molecule has 4 nitrogen and oxygen atoms in total. The van der Waals surface area contributed by atoms with E-state index in [-0.39, 0.29) is 12.5 Å². The highest BCUT2D eigenvalue weighted by Crippen LogP contribution is 2.26. The van der Waals surface area contributed by atoms with E-state index in [1.54, 1.807) is 0 Å². The van der Waals surface area contributed by atoms with Crippen LogP contribution in [0, 0.1) is 0 Å². The molecule has 27 heavy (non-hydrogen) atoms. The van der Waals surface area contributed by atoms with Gasteiger partial charge in [-0.1, -0.05) is 36.4 Å². The molecular weight excluding hydrogens is 338 g/mol. The van der Waals surface area contributed by atoms with Crippen molar-refractivity contribution in [3.63, 3.8) is 0 Å². The molecule has 138 valence electrons. The van der Waals surface area contributed by atoms with E-state index in [0.29, 0.717) is 11.9 Å². The molecule has 1 aliphatic rings. The van der Waals surface area contributed by atoms with Gasteiger partial charge in [-0.05, 0) is 61.4 Å². The van der Waals surface area contributed by atoms with Crippen LogP contribution in [0.25, 0.3) is 10.8 Å². The maximum atomic E-state index is 12.2. The zero-order valence-electron chi connectivity index (χ0n) is 15.2. The van der Waals surface area contributed by atoms with Crippen LogP contribution in [0.15, 0.2) is 66.7 Å². The Labute approximate surface area is 159 Å². The number of amides is 1. The van der Waals surface area contributed by atoms with Crippen LogP contribution in [0.4, 0.5) is 5.69 Å². The second-order valence-corrected chi connectivity index (χ2v) is 6.86. The second kappa shape index (κ2) is 8.12. The molecule has 0 bridgehead atoms. The Kier molecular flexibility index (Phi) is 5.24. The summed E-state index contributed by atoms with van der Waals surface area (Å²) >= 11 is 0. The van der Waals surface area contributed by atoms with E-state index in [1.807, 2.05) is 66.7 Å². The molecule has 4 rings (SSSR count). The van der Waals surface area contributed by atoms with Gasteiger partial charge in [-0.25, -0.2) is 0 Å². The lowest BCUT2D eigenvalue weighted by molar-refractivity contribution is -0.118. The Morgan fingerprint density at radius 3 is 2.48 bits per heavy atom. The lowest BCUT2D eigenvalue weighted by Crippen LogP contribution is -2.20. The van der Waals surface area contributed by atoms with E-state index in [9.17, 15) is 4.79 Å². The molecule has 0 aromatic heterocycles. The molecule has 3 aromatic carbocycles. The van der Waals surface area contributed by atoms with Crippen LogP contribution in [0.3, 0.4) is 0 Å². The molecule has 0 spiro atoms. The van der Waals surface area contributed by atoms with Crippen molar-refractivity contribution in [2.24, 2.45) is 0 Å². The molecule has 0 radical (unpaired) electrons. The van der Waals surface area contributed by atoms with E-state index in [2.05, 4.69) is 5.32 Å². The second-order valence-electron chi connectivity index (χ2n) is 6.86. The van der Waals surface area contributed by atoms with Crippen molar-refractivity contribution in [2.45, 2.75) is 31.8 Å². The highest BCUT2D eigenvalue weighted by molar-refractivity contribution is 5.93. The Hall–Kier alpha value is -3.01. The Balaban J connectivity index is 1.32. The summed E-state index contributed by atoms with van der Waals surface area (Å²) in [6, 6.07) is 21.3. The van der Waals surface area contributed by atoms with Crippen molar-refractivity contribution < 1.29 is 14.3 Å². The molecule has 1 saturated carbocycles. The summed E-state index contributed by atoms with van der Waals surface area (Å²) in [5.74, 6) is 1.38. The zero-order chi connectivity index (χ0) is 18.5. The first-order chi connectivity index (χ1) is 13.3. The maximum absolute atomic E-state index is 12.2. The van der Waals surface area contributed by atoms with Crippen LogP contribution < -0.4 is 14.8 Å². The third-order valence-corrected chi connectivity index (χ3v) is 4.85. The predicted molar refractivity (Wildman–Crippen MR) is 107 cm³/mol. The van der Waals surface area contributed by atoms with Gasteiger partial charge in [-0.15, -0.1) is 0 Å². The van der Waals surface area contributed by atoms with Gasteiger partial charge in [0.25, 0.3) is 5.91 Å². The van der Waals surface area contributed by atoms with Crippen molar-refractivity contribution in [1.29, 1.82) is 0 Å². The standard InChI is InChI=1S/C23H23NO3/c25-23(16-26-22-11-5-7-17-6-1-4-10-21(17)22)24-18-12-14-20(15-13-18)27-19-8-2-3-9-19/h1,4-7,10-15,19H,2-3,8-9,16H2,(H,24,25). The number of hydrogen-bond acceptors (Lipinski definition) is 3. The topological polar surface area (TPSA) is 47.6 Å². The van der Waals surface area contributed by atoms with Crippen LogP contribution in [-0.2, 0) is 4.79 Å². The molecule has 0 aliphatic heterocycles. The number of nitrogens with one attached hydrogen (secondary N) is 1. The lowest BCUT2D eigenvalue weighted by Gasteiger charge is -2.13. The molecule has 0 saturated heterocycles. The molecule has 1 fully saturated rings. The molecule has 3 aromatic rings. The third-order valence-electron chi connectivity index (χ3n) is 4.85. The van der Waals surface area contributed by atoms with E-state index in [4.69, 9.17) is 9.47 Å². The minimum absolute atomic E-state index is 0.0334. The number of hydrogen-bond donors (Lipinski definition) is 1. The molecule has 4 heteroatoms. The number of carbonyl (C=O) groups excluding carboxylic acids is 1. The van der Waals surface area contributed by atoms with Crippen LogP contribution in [-0.4, -0.2) is 18.6 Å². The Bertz CT molecular complexity index is 909. The number of carbonyl (C=O) groups is 1. The van der Waals surface area contributed by atoms with Crippen molar-refractivity contribution in [3.8, 4) is 11.5 Å². The quantitative estimate of drug-likeness (QED) is 0.658. The Morgan fingerprint density at radius 1 is 0.926 bits per heavy atom. The summed E-state index contributed by atoms with van der Waals surface area (Å²) in [5.41, 5.74) is 0.736. The molecule has 0 atom stereocenters. The highest BCUT2D eigenvalue weighted by atomic mass is 16.5. The number of ether oxygens (including phenoxy) is 2. The normalized spacial score (nSPS) is 14.2. The SMILES string of the molecule is O=C(COc1cccc2ccccc12)Nc1ccc(OC2CCCC2)cc1. The molecule has 1 amide bonds. The number of anilines is 1. The van der Waals surface area contributed by atoms with Gasteiger partial charge in [0.15, 0.2) is 6.61 Å². The van der Waals surface area contributed by atoms with Gasteiger partial charge >= 0.3 is 0 Å². The summed E-state index contributed by atoms with van der Waals surface area (Å²) < 4.78 is 11.7. The maximum Gasteiger partial charge on any atom is 0.262 e. The van der Waals surface area contributed by atoms with Crippen molar-refractivity contribution in [1.82, 2.24) is 0 Å². The fourth-order valence-electron chi connectivity index (χ4n) is 3.48. The molecule has 0 heterocycles. The van der Waals surface area contributed by atoms with Gasteiger partial charge in [0.2, 0.25) is 0 Å². The average Bonchev–Trinajstić information content (AvgIpc) is 3.21. The van der Waals surface area contributed by atoms with E-state index < -0.39 is 0 Å². The third kappa shape index (κ3) is 4.40. The van der Waals surface area contributed by atoms with Gasteiger partial charge in [-0.3, -0.25) is 4.79 Å². The minimum atomic E-state index is -0.188. The highest BCUT2D eigenvalue weighted by Gasteiger charge is 2.16. The lowest BCUT2D eigenvalue weighted by atomic mass is 10.1.